The average Bonchev–Trinajstić information content (AvgIpc) is 2.77. The number of anilines is 1. The summed E-state index contributed by atoms with van der Waals surface area (Å²) in [6, 6.07) is 20.4. The van der Waals surface area contributed by atoms with Crippen LogP contribution in [0.5, 0.6) is 5.75 Å². The van der Waals surface area contributed by atoms with Gasteiger partial charge in [-0.25, -0.2) is 0 Å². The Bertz CT molecular complexity index is 1170. The molecule has 3 aromatic carbocycles. The highest BCUT2D eigenvalue weighted by atomic mass is 79.9. The molecule has 3 rings (SSSR count). The van der Waals surface area contributed by atoms with E-state index in [1.807, 2.05) is 24.3 Å². The number of hydrogen-bond donors (Lipinski definition) is 1. The first-order valence-electron chi connectivity index (χ1n) is 9.32. The number of benzene rings is 3. The summed E-state index contributed by atoms with van der Waals surface area (Å²) in [7, 11) is 0. The van der Waals surface area contributed by atoms with E-state index in [0.29, 0.717) is 17.9 Å². The zero-order chi connectivity index (χ0) is 23.1. The predicted molar refractivity (Wildman–Crippen MR) is 119 cm³/mol. The molecule has 8 heteroatoms. The fourth-order valence-corrected chi connectivity index (χ4v) is 2.96. The normalized spacial score (nSPS) is 11.5. The summed E-state index contributed by atoms with van der Waals surface area (Å²) in [6.07, 6.45) is -3.18. The largest absolute Gasteiger partial charge is 0.489 e. The fourth-order valence-electron chi connectivity index (χ4n) is 2.69. The maximum absolute atomic E-state index is 12.8. The number of amides is 1. The van der Waals surface area contributed by atoms with Gasteiger partial charge in [-0.3, -0.25) is 4.79 Å². The van der Waals surface area contributed by atoms with Crippen molar-refractivity contribution in [3.8, 4) is 11.8 Å². The summed E-state index contributed by atoms with van der Waals surface area (Å²) in [5, 5.41) is 11.6. The molecule has 0 atom stereocenters. The number of hydrogen-bond acceptors (Lipinski definition) is 3. The standard InChI is InChI=1S/C24H16BrF3N2O2/c25-20-8-4-17(5-9-20)15-32-22-10-6-16(7-11-22)12-18(14-29)23(31)30-21-3-1-2-19(13-21)24(26,27)28/h1-13H,15H2,(H,30,31)/b18-12-. The minimum Gasteiger partial charge on any atom is -0.489 e. The van der Waals surface area contributed by atoms with Crippen LogP contribution < -0.4 is 10.1 Å². The molecule has 0 saturated heterocycles. The van der Waals surface area contributed by atoms with E-state index in [-0.39, 0.29) is 11.3 Å². The van der Waals surface area contributed by atoms with Crippen molar-refractivity contribution in [1.29, 1.82) is 5.26 Å². The van der Waals surface area contributed by atoms with E-state index in [1.54, 1.807) is 30.3 Å². The number of nitrogens with zero attached hydrogens (tertiary/aromatic N) is 1. The molecule has 0 aliphatic rings. The van der Waals surface area contributed by atoms with E-state index in [0.717, 1.165) is 22.2 Å². The van der Waals surface area contributed by atoms with Gasteiger partial charge in [-0.1, -0.05) is 46.3 Å². The van der Waals surface area contributed by atoms with Crippen LogP contribution in [0.3, 0.4) is 0 Å². The van der Waals surface area contributed by atoms with Gasteiger partial charge in [-0.15, -0.1) is 0 Å². The molecule has 0 unspecified atom stereocenters. The molecule has 0 spiro atoms. The van der Waals surface area contributed by atoms with Crippen molar-refractivity contribution in [2.24, 2.45) is 0 Å². The number of nitrogens with one attached hydrogen (secondary N) is 1. The van der Waals surface area contributed by atoms with Gasteiger partial charge in [0.2, 0.25) is 0 Å². The fraction of sp³-hybridized carbons (Fsp3) is 0.0833. The summed E-state index contributed by atoms with van der Waals surface area (Å²) in [5.74, 6) is -0.195. The lowest BCUT2D eigenvalue weighted by Gasteiger charge is -2.09. The molecule has 0 aliphatic heterocycles. The third-order valence-corrected chi connectivity index (χ3v) is 4.85. The first-order chi connectivity index (χ1) is 15.2. The van der Waals surface area contributed by atoms with Gasteiger partial charge in [-0.05, 0) is 59.7 Å². The summed E-state index contributed by atoms with van der Waals surface area (Å²) < 4.78 is 45.2. The molecule has 32 heavy (non-hydrogen) atoms. The van der Waals surface area contributed by atoms with E-state index in [4.69, 9.17) is 4.74 Å². The first kappa shape index (κ1) is 23.1. The van der Waals surface area contributed by atoms with Gasteiger partial charge in [0.25, 0.3) is 5.91 Å². The van der Waals surface area contributed by atoms with E-state index in [9.17, 15) is 23.2 Å². The quantitative estimate of drug-likeness (QED) is 0.306. The van der Waals surface area contributed by atoms with Gasteiger partial charge in [-0.2, -0.15) is 18.4 Å². The van der Waals surface area contributed by atoms with Gasteiger partial charge in [0.15, 0.2) is 0 Å². The molecular weight excluding hydrogens is 485 g/mol. The minimum atomic E-state index is -4.53. The maximum atomic E-state index is 12.8. The van der Waals surface area contributed by atoms with Crippen LogP contribution in [0, 0.1) is 11.3 Å². The Kier molecular flexibility index (Phi) is 7.33. The van der Waals surface area contributed by atoms with Crippen LogP contribution in [0.1, 0.15) is 16.7 Å². The lowest BCUT2D eigenvalue weighted by atomic mass is 10.1. The van der Waals surface area contributed by atoms with Crippen molar-refractivity contribution in [1.82, 2.24) is 0 Å². The van der Waals surface area contributed by atoms with E-state index >= 15 is 0 Å². The molecule has 0 bridgehead atoms. The number of nitriles is 1. The molecule has 162 valence electrons. The van der Waals surface area contributed by atoms with Crippen LogP contribution in [-0.4, -0.2) is 5.91 Å². The molecule has 4 nitrogen and oxygen atoms in total. The Labute approximate surface area is 191 Å². The smallest absolute Gasteiger partial charge is 0.416 e. The Morgan fingerprint density at radius 3 is 2.38 bits per heavy atom. The number of ether oxygens (including phenoxy) is 1. The molecule has 1 amide bonds. The SMILES string of the molecule is N#C/C(=C/c1ccc(OCc2ccc(Br)cc2)cc1)C(=O)Nc1cccc(C(F)(F)F)c1. The molecule has 0 aliphatic carbocycles. The topological polar surface area (TPSA) is 62.1 Å². The van der Waals surface area contributed by atoms with Crippen LogP contribution in [0.25, 0.3) is 6.08 Å². The Morgan fingerprint density at radius 1 is 1.06 bits per heavy atom. The molecule has 0 heterocycles. The molecular formula is C24H16BrF3N2O2. The maximum Gasteiger partial charge on any atom is 0.416 e. The van der Waals surface area contributed by atoms with E-state index < -0.39 is 17.6 Å². The number of alkyl halides is 3. The van der Waals surface area contributed by atoms with Gasteiger partial charge >= 0.3 is 6.18 Å². The van der Waals surface area contributed by atoms with Crippen molar-refractivity contribution in [2.75, 3.05) is 5.32 Å². The third-order valence-electron chi connectivity index (χ3n) is 4.32. The number of carbonyl (C=O) groups excluding carboxylic acids is 1. The third kappa shape index (κ3) is 6.46. The van der Waals surface area contributed by atoms with Gasteiger partial charge in [0, 0.05) is 10.2 Å². The molecule has 0 radical (unpaired) electrons. The van der Waals surface area contributed by atoms with Crippen molar-refractivity contribution >= 4 is 33.6 Å². The Hall–Kier alpha value is -3.57. The number of halogens is 4. The second-order valence-electron chi connectivity index (χ2n) is 6.69. The first-order valence-corrected chi connectivity index (χ1v) is 10.1. The number of carbonyl (C=O) groups is 1. The summed E-state index contributed by atoms with van der Waals surface area (Å²) >= 11 is 3.37. The van der Waals surface area contributed by atoms with Gasteiger partial charge in [0.05, 0.1) is 5.56 Å². The Balaban J connectivity index is 1.66. The highest BCUT2D eigenvalue weighted by molar-refractivity contribution is 9.10. The second kappa shape index (κ2) is 10.2. The van der Waals surface area contributed by atoms with E-state index in [1.165, 1.54) is 18.2 Å². The van der Waals surface area contributed by atoms with Crippen molar-refractivity contribution in [3.05, 3.63) is 99.5 Å². The average molecular weight is 501 g/mol. The summed E-state index contributed by atoms with van der Waals surface area (Å²) in [6.45, 7) is 0.380. The minimum absolute atomic E-state index is 0.0531. The van der Waals surface area contributed by atoms with E-state index in [2.05, 4.69) is 21.2 Å². The highest BCUT2D eigenvalue weighted by Gasteiger charge is 2.30. The van der Waals surface area contributed by atoms with Crippen molar-refractivity contribution < 1.29 is 22.7 Å². The van der Waals surface area contributed by atoms with Crippen LogP contribution >= 0.6 is 15.9 Å². The molecule has 0 saturated carbocycles. The Morgan fingerprint density at radius 2 is 1.75 bits per heavy atom. The van der Waals surface area contributed by atoms with Gasteiger partial charge < -0.3 is 10.1 Å². The molecule has 0 fully saturated rings. The zero-order valence-electron chi connectivity index (χ0n) is 16.5. The van der Waals surface area contributed by atoms with Crippen LogP contribution in [-0.2, 0) is 17.6 Å². The lowest BCUT2D eigenvalue weighted by Crippen LogP contribution is -2.14. The van der Waals surface area contributed by atoms with Crippen molar-refractivity contribution in [3.63, 3.8) is 0 Å². The van der Waals surface area contributed by atoms with Crippen molar-refractivity contribution in [2.45, 2.75) is 12.8 Å². The van der Waals surface area contributed by atoms with Crippen LogP contribution in [0.4, 0.5) is 18.9 Å². The highest BCUT2D eigenvalue weighted by Crippen LogP contribution is 2.30. The van der Waals surface area contributed by atoms with Gasteiger partial charge in [0.1, 0.15) is 24.0 Å². The number of rotatable bonds is 6. The van der Waals surface area contributed by atoms with Crippen LogP contribution in [0.2, 0.25) is 0 Å². The summed E-state index contributed by atoms with van der Waals surface area (Å²) in [5.41, 5.74) is 0.372. The lowest BCUT2D eigenvalue weighted by molar-refractivity contribution is -0.137. The zero-order valence-corrected chi connectivity index (χ0v) is 18.1. The summed E-state index contributed by atoms with van der Waals surface area (Å²) in [4.78, 5) is 12.3. The second-order valence-corrected chi connectivity index (χ2v) is 7.60. The predicted octanol–water partition coefficient (Wildman–Crippen LogP) is 6.59. The molecule has 0 aromatic heterocycles. The van der Waals surface area contributed by atoms with Crippen LogP contribution in [0.15, 0.2) is 82.8 Å². The monoisotopic (exact) mass is 500 g/mol. The molecule has 3 aromatic rings. The molecule has 1 N–H and O–H groups in total.